The molecule has 2 N–H and O–H groups in total. The van der Waals surface area contributed by atoms with E-state index in [1.54, 1.807) is 12.1 Å². The van der Waals surface area contributed by atoms with Crippen LogP contribution in [0.25, 0.3) is 0 Å². The highest BCUT2D eigenvalue weighted by atomic mass is 35.5. The van der Waals surface area contributed by atoms with Gasteiger partial charge in [0.2, 0.25) is 0 Å². The van der Waals surface area contributed by atoms with Gasteiger partial charge < -0.3 is 10.6 Å². The normalized spacial score (nSPS) is 10.5. The molecule has 0 spiro atoms. The predicted molar refractivity (Wildman–Crippen MR) is 77.9 cm³/mol. The van der Waals surface area contributed by atoms with E-state index >= 15 is 0 Å². The molecule has 19 heavy (non-hydrogen) atoms. The van der Waals surface area contributed by atoms with Crippen LogP contribution in [0.15, 0.2) is 42.5 Å². The molecule has 0 aliphatic carbocycles. The summed E-state index contributed by atoms with van der Waals surface area (Å²) in [5.41, 5.74) is 8.18. The lowest BCUT2D eigenvalue weighted by Gasteiger charge is -2.23. The topological polar surface area (TPSA) is 29.3 Å². The van der Waals surface area contributed by atoms with E-state index in [-0.39, 0.29) is 5.82 Å². The van der Waals surface area contributed by atoms with E-state index in [1.807, 2.05) is 36.2 Å². The molecule has 2 aromatic rings. The van der Waals surface area contributed by atoms with Crippen molar-refractivity contribution in [3.63, 3.8) is 0 Å². The van der Waals surface area contributed by atoms with Gasteiger partial charge in [-0.15, -0.1) is 0 Å². The molecule has 0 aromatic heterocycles. The van der Waals surface area contributed by atoms with Gasteiger partial charge in [0.1, 0.15) is 5.82 Å². The van der Waals surface area contributed by atoms with Gasteiger partial charge in [0.25, 0.3) is 0 Å². The maximum absolute atomic E-state index is 13.6. The molecule has 0 unspecified atom stereocenters. The molecule has 2 rings (SSSR count). The third kappa shape index (κ3) is 3.06. The van der Waals surface area contributed by atoms with Crippen LogP contribution in [0.2, 0.25) is 5.02 Å². The lowest BCUT2D eigenvalue weighted by atomic mass is 10.1. The number of nitrogens with zero attached hydrogens (tertiary/aromatic N) is 1. The fourth-order valence-corrected chi connectivity index (χ4v) is 2.32. The van der Waals surface area contributed by atoms with Crippen LogP contribution in [-0.2, 0) is 13.1 Å². The van der Waals surface area contributed by atoms with Crippen molar-refractivity contribution in [1.29, 1.82) is 0 Å². The summed E-state index contributed by atoms with van der Waals surface area (Å²) in [5, 5.41) is 0.639. The van der Waals surface area contributed by atoms with Gasteiger partial charge in [-0.1, -0.05) is 35.9 Å². The molecule has 2 aromatic carbocycles. The Hall–Kier alpha value is -1.58. The molecule has 0 saturated carbocycles. The van der Waals surface area contributed by atoms with Gasteiger partial charge in [-0.3, -0.25) is 0 Å². The zero-order valence-corrected chi connectivity index (χ0v) is 11.5. The number of hydrogen-bond acceptors (Lipinski definition) is 2. The van der Waals surface area contributed by atoms with Crippen molar-refractivity contribution in [2.24, 2.45) is 5.73 Å². The SMILES string of the molecule is CN(Cc1ccccc1F)c1cccc(Cl)c1CN. The first-order valence-electron chi connectivity index (χ1n) is 6.05. The van der Waals surface area contributed by atoms with E-state index < -0.39 is 0 Å². The second kappa shape index (κ2) is 6.04. The zero-order valence-electron chi connectivity index (χ0n) is 10.7. The fraction of sp³-hybridized carbons (Fsp3) is 0.200. The molecule has 100 valence electrons. The summed E-state index contributed by atoms with van der Waals surface area (Å²) in [6.45, 7) is 0.830. The van der Waals surface area contributed by atoms with Crippen LogP contribution < -0.4 is 10.6 Å². The van der Waals surface area contributed by atoms with Crippen LogP contribution >= 0.6 is 11.6 Å². The van der Waals surface area contributed by atoms with Gasteiger partial charge in [0.15, 0.2) is 0 Å². The van der Waals surface area contributed by atoms with Gasteiger partial charge in [-0.05, 0) is 18.2 Å². The van der Waals surface area contributed by atoms with Crippen LogP contribution in [0, 0.1) is 5.82 Å². The van der Waals surface area contributed by atoms with E-state index in [2.05, 4.69) is 0 Å². The van der Waals surface area contributed by atoms with E-state index in [9.17, 15) is 4.39 Å². The highest BCUT2D eigenvalue weighted by Crippen LogP contribution is 2.27. The average Bonchev–Trinajstić information content (AvgIpc) is 2.41. The number of halogens is 2. The minimum absolute atomic E-state index is 0.203. The molecule has 0 fully saturated rings. The maximum atomic E-state index is 13.6. The highest BCUT2D eigenvalue weighted by molar-refractivity contribution is 6.31. The molecule has 0 radical (unpaired) electrons. The molecule has 0 aliphatic rings. The van der Waals surface area contributed by atoms with Gasteiger partial charge in [0.05, 0.1) is 0 Å². The van der Waals surface area contributed by atoms with Gasteiger partial charge >= 0.3 is 0 Å². The molecule has 0 bridgehead atoms. The Morgan fingerprint density at radius 2 is 1.89 bits per heavy atom. The molecular weight excluding hydrogens is 263 g/mol. The fourth-order valence-electron chi connectivity index (χ4n) is 2.07. The van der Waals surface area contributed by atoms with Gasteiger partial charge in [0, 0.05) is 42.0 Å². The summed E-state index contributed by atoms with van der Waals surface area (Å²) in [4.78, 5) is 1.95. The Bertz CT molecular complexity index is 572. The zero-order chi connectivity index (χ0) is 13.8. The monoisotopic (exact) mass is 278 g/mol. The number of hydrogen-bond donors (Lipinski definition) is 1. The first-order chi connectivity index (χ1) is 9.13. The van der Waals surface area contributed by atoms with Crippen molar-refractivity contribution in [2.75, 3.05) is 11.9 Å². The van der Waals surface area contributed by atoms with Gasteiger partial charge in [-0.2, -0.15) is 0 Å². The van der Waals surface area contributed by atoms with E-state index in [0.29, 0.717) is 23.7 Å². The van der Waals surface area contributed by atoms with Crippen LogP contribution in [0.3, 0.4) is 0 Å². The quantitative estimate of drug-likeness (QED) is 0.926. The van der Waals surface area contributed by atoms with Crippen molar-refractivity contribution in [2.45, 2.75) is 13.1 Å². The van der Waals surface area contributed by atoms with Crippen molar-refractivity contribution >= 4 is 17.3 Å². The molecule has 0 aliphatic heterocycles. The minimum atomic E-state index is -0.203. The highest BCUT2D eigenvalue weighted by Gasteiger charge is 2.11. The standard InChI is InChI=1S/C15H16ClFN2/c1-19(10-11-5-2-3-7-14(11)17)15-8-4-6-13(16)12(15)9-18/h2-8H,9-10,18H2,1H3. The molecule has 4 heteroatoms. The number of anilines is 1. The van der Waals surface area contributed by atoms with E-state index in [1.165, 1.54) is 6.07 Å². The third-order valence-corrected chi connectivity index (χ3v) is 3.43. The first-order valence-corrected chi connectivity index (χ1v) is 6.43. The Kier molecular flexibility index (Phi) is 4.40. The maximum Gasteiger partial charge on any atom is 0.128 e. The van der Waals surface area contributed by atoms with Crippen molar-refractivity contribution in [3.8, 4) is 0 Å². The number of rotatable bonds is 4. The Balaban J connectivity index is 2.28. The average molecular weight is 279 g/mol. The molecule has 0 amide bonds. The summed E-state index contributed by atoms with van der Waals surface area (Å²) in [5.74, 6) is -0.203. The third-order valence-electron chi connectivity index (χ3n) is 3.07. The largest absolute Gasteiger partial charge is 0.370 e. The van der Waals surface area contributed by atoms with Gasteiger partial charge in [-0.25, -0.2) is 4.39 Å². The lowest BCUT2D eigenvalue weighted by molar-refractivity contribution is 0.608. The Labute approximate surface area is 117 Å². The van der Waals surface area contributed by atoms with Crippen LogP contribution in [0.4, 0.5) is 10.1 Å². The minimum Gasteiger partial charge on any atom is -0.370 e. The van der Waals surface area contributed by atoms with Crippen LogP contribution in [0.1, 0.15) is 11.1 Å². The summed E-state index contributed by atoms with van der Waals surface area (Å²) < 4.78 is 13.6. The molecular formula is C15H16ClFN2. The molecule has 0 heterocycles. The Morgan fingerprint density at radius 1 is 1.16 bits per heavy atom. The molecule has 2 nitrogen and oxygen atoms in total. The smallest absolute Gasteiger partial charge is 0.128 e. The number of nitrogens with two attached hydrogens (primary N) is 1. The summed E-state index contributed by atoms with van der Waals surface area (Å²) in [7, 11) is 1.90. The second-order valence-corrected chi connectivity index (χ2v) is 4.80. The predicted octanol–water partition coefficient (Wildman–Crippen LogP) is 3.57. The molecule has 0 atom stereocenters. The Morgan fingerprint density at radius 3 is 2.58 bits per heavy atom. The van der Waals surface area contributed by atoms with Crippen molar-refractivity contribution in [1.82, 2.24) is 0 Å². The lowest BCUT2D eigenvalue weighted by Crippen LogP contribution is -2.19. The van der Waals surface area contributed by atoms with Crippen LogP contribution in [-0.4, -0.2) is 7.05 Å². The summed E-state index contributed by atoms with van der Waals surface area (Å²) >= 11 is 6.13. The summed E-state index contributed by atoms with van der Waals surface area (Å²) in [6.07, 6.45) is 0. The first kappa shape index (κ1) is 13.8. The summed E-state index contributed by atoms with van der Waals surface area (Å²) in [6, 6.07) is 12.4. The van der Waals surface area contributed by atoms with Crippen molar-refractivity contribution < 1.29 is 4.39 Å². The van der Waals surface area contributed by atoms with Crippen LogP contribution in [0.5, 0.6) is 0 Å². The van der Waals surface area contributed by atoms with Crippen molar-refractivity contribution in [3.05, 3.63) is 64.4 Å². The van der Waals surface area contributed by atoms with E-state index in [4.69, 9.17) is 17.3 Å². The molecule has 0 saturated heterocycles. The second-order valence-electron chi connectivity index (χ2n) is 4.39. The number of benzene rings is 2. The van der Waals surface area contributed by atoms with E-state index in [0.717, 1.165) is 11.3 Å².